The predicted octanol–water partition coefficient (Wildman–Crippen LogP) is 3.28. The summed E-state index contributed by atoms with van der Waals surface area (Å²) in [4.78, 5) is 19.5. The number of hydrogen-bond donors (Lipinski definition) is 3. The standard InChI is InChI=1S/C22H32N4O2S/c1-2-23-22(24-12-8-14-26-13-7-3-4-11-21(26)28)25-16-18(27)20-15-17-9-5-6-10-19(17)29-20/h5-6,9-10,15,18,27H,2-4,7-8,11-14,16H2,1H3,(H2,23,24,25). The Morgan fingerprint density at radius 3 is 2.97 bits per heavy atom. The molecule has 0 saturated carbocycles. The maximum absolute atomic E-state index is 12.1. The number of carbonyl (C=O) groups excluding carboxylic acids is 1. The number of likely N-dealkylation sites (tertiary alicyclic amines) is 1. The zero-order valence-corrected chi connectivity index (χ0v) is 18.0. The van der Waals surface area contributed by atoms with Crippen LogP contribution in [-0.2, 0) is 4.79 Å². The molecule has 7 heteroatoms. The summed E-state index contributed by atoms with van der Waals surface area (Å²) in [6, 6.07) is 10.2. The first kappa shape index (κ1) is 21.6. The summed E-state index contributed by atoms with van der Waals surface area (Å²) in [6.45, 7) is 5.51. The monoisotopic (exact) mass is 416 g/mol. The van der Waals surface area contributed by atoms with Gasteiger partial charge in [0.25, 0.3) is 0 Å². The number of nitrogens with one attached hydrogen (secondary N) is 2. The summed E-state index contributed by atoms with van der Waals surface area (Å²) in [6.07, 6.45) is 4.24. The smallest absolute Gasteiger partial charge is 0.222 e. The van der Waals surface area contributed by atoms with Crippen LogP contribution in [0.4, 0.5) is 0 Å². The Morgan fingerprint density at radius 1 is 1.28 bits per heavy atom. The molecule has 2 heterocycles. The molecule has 1 aromatic heterocycles. The Hall–Kier alpha value is -2.12. The molecule has 6 nitrogen and oxygen atoms in total. The van der Waals surface area contributed by atoms with Crippen LogP contribution >= 0.6 is 11.3 Å². The average Bonchev–Trinajstić information content (AvgIpc) is 3.06. The van der Waals surface area contributed by atoms with Crippen LogP contribution in [0.1, 0.15) is 50.0 Å². The highest BCUT2D eigenvalue weighted by molar-refractivity contribution is 7.19. The molecule has 158 valence electrons. The van der Waals surface area contributed by atoms with Crippen molar-refractivity contribution in [2.75, 3.05) is 32.7 Å². The summed E-state index contributed by atoms with van der Waals surface area (Å²) < 4.78 is 1.18. The fourth-order valence-corrected chi connectivity index (χ4v) is 4.57. The van der Waals surface area contributed by atoms with Crippen LogP contribution in [0.2, 0.25) is 0 Å². The molecule has 2 aromatic rings. The van der Waals surface area contributed by atoms with E-state index in [1.54, 1.807) is 11.3 Å². The second-order valence-electron chi connectivity index (χ2n) is 7.39. The summed E-state index contributed by atoms with van der Waals surface area (Å²) in [7, 11) is 0. The van der Waals surface area contributed by atoms with Crippen LogP contribution in [0, 0.1) is 0 Å². The maximum Gasteiger partial charge on any atom is 0.222 e. The molecule has 1 aromatic carbocycles. The number of fused-ring (bicyclic) bond motifs is 1. The lowest BCUT2D eigenvalue weighted by molar-refractivity contribution is -0.130. The van der Waals surface area contributed by atoms with E-state index in [0.29, 0.717) is 18.9 Å². The van der Waals surface area contributed by atoms with Crippen molar-refractivity contribution in [2.24, 2.45) is 4.99 Å². The first-order valence-corrected chi connectivity index (χ1v) is 11.5. The molecular weight excluding hydrogens is 384 g/mol. The van der Waals surface area contributed by atoms with E-state index in [0.717, 1.165) is 62.1 Å². The van der Waals surface area contributed by atoms with Gasteiger partial charge in [-0.2, -0.15) is 0 Å². The molecule has 29 heavy (non-hydrogen) atoms. The fraction of sp³-hybridized carbons (Fsp3) is 0.545. The molecule has 0 aliphatic carbocycles. The van der Waals surface area contributed by atoms with E-state index in [1.807, 2.05) is 30.0 Å². The zero-order chi connectivity index (χ0) is 20.5. The minimum Gasteiger partial charge on any atom is -0.386 e. The van der Waals surface area contributed by atoms with Gasteiger partial charge in [-0.1, -0.05) is 24.6 Å². The number of guanidine groups is 1. The van der Waals surface area contributed by atoms with Gasteiger partial charge in [0.1, 0.15) is 6.10 Å². The summed E-state index contributed by atoms with van der Waals surface area (Å²) >= 11 is 1.61. The van der Waals surface area contributed by atoms with Gasteiger partial charge in [0.05, 0.1) is 6.54 Å². The lowest BCUT2D eigenvalue weighted by atomic mass is 10.2. The van der Waals surface area contributed by atoms with E-state index in [4.69, 9.17) is 0 Å². The highest BCUT2D eigenvalue weighted by Crippen LogP contribution is 2.29. The minimum absolute atomic E-state index is 0.287. The van der Waals surface area contributed by atoms with Crippen molar-refractivity contribution >= 4 is 33.3 Å². The molecule has 1 fully saturated rings. The van der Waals surface area contributed by atoms with Crippen LogP contribution in [0.15, 0.2) is 35.3 Å². The Morgan fingerprint density at radius 2 is 2.14 bits per heavy atom. The van der Waals surface area contributed by atoms with Gasteiger partial charge < -0.3 is 20.6 Å². The highest BCUT2D eigenvalue weighted by atomic mass is 32.1. The number of benzene rings is 1. The van der Waals surface area contributed by atoms with Gasteiger partial charge in [-0.15, -0.1) is 11.3 Å². The van der Waals surface area contributed by atoms with Crippen molar-refractivity contribution in [3.8, 4) is 0 Å². The van der Waals surface area contributed by atoms with Gasteiger partial charge in [-0.25, -0.2) is 0 Å². The van der Waals surface area contributed by atoms with Crippen molar-refractivity contribution in [1.29, 1.82) is 0 Å². The highest BCUT2D eigenvalue weighted by Gasteiger charge is 2.16. The number of aliphatic hydroxyl groups excluding tert-OH is 1. The molecule has 0 radical (unpaired) electrons. The van der Waals surface area contributed by atoms with Crippen molar-refractivity contribution in [3.05, 3.63) is 35.2 Å². The van der Waals surface area contributed by atoms with E-state index < -0.39 is 6.10 Å². The Kier molecular flexibility index (Phi) is 8.31. The minimum atomic E-state index is -0.613. The fourth-order valence-electron chi connectivity index (χ4n) is 3.53. The first-order valence-electron chi connectivity index (χ1n) is 10.6. The van der Waals surface area contributed by atoms with Crippen LogP contribution < -0.4 is 10.6 Å². The average molecular weight is 417 g/mol. The summed E-state index contributed by atoms with van der Waals surface area (Å²) in [5.74, 6) is 0.990. The molecule has 3 N–H and O–H groups in total. The largest absolute Gasteiger partial charge is 0.386 e. The number of hydrogen-bond acceptors (Lipinski definition) is 4. The molecule has 1 amide bonds. The first-order chi connectivity index (χ1) is 14.2. The number of nitrogens with zero attached hydrogens (tertiary/aromatic N) is 2. The summed E-state index contributed by atoms with van der Waals surface area (Å²) in [5, 5.41) is 18.2. The van der Waals surface area contributed by atoms with Crippen molar-refractivity contribution in [3.63, 3.8) is 0 Å². The van der Waals surface area contributed by atoms with Crippen LogP contribution in [-0.4, -0.2) is 54.6 Å². The van der Waals surface area contributed by atoms with Gasteiger partial charge in [-0.3, -0.25) is 9.79 Å². The third kappa shape index (κ3) is 6.44. The van der Waals surface area contributed by atoms with Crippen molar-refractivity contribution in [1.82, 2.24) is 15.5 Å². The predicted molar refractivity (Wildman–Crippen MR) is 120 cm³/mol. The lowest BCUT2D eigenvalue weighted by Gasteiger charge is -2.20. The van der Waals surface area contributed by atoms with Gasteiger partial charge in [0.2, 0.25) is 5.91 Å². The van der Waals surface area contributed by atoms with Gasteiger partial charge in [-0.05, 0) is 43.7 Å². The van der Waals surface area contributed by atoms with Crippen molar-refractivity contribution < 1.29 is 9.90 Å². The second-order valence-corrected chi connectivity index (χ2v) is 8.51. The second kappa shape index (κ2) is 11.2. The molecule has 1 atom stereocenters. The molecule has 0 spiro atoms. The normalized spacial score (nSPS) is 16.7. The molecular formula is C22H32N4O2S. The SMILES string of the molecule is CCNC(=NCC(O)c1cc2ccccc2s1)NCCCN1CCCCCC1=O. The molecule has 1 unspecified atom stereocenters. The molecule has 1 aliphatic heterocycles. The Labute approximate surface area is 177 Å². The van der Waals surface area contributed by atoms with Crippen molar-refractivity contribution in [2.45, 2.75) is 45.1 Å². The number of aliphatic hydroxyl groups is 1. The van der Waals surface area contributed by atoms with Gasteiger partial charge in [0.15, 0.2) is 5.96 Å². The van der Waals surface area contributed by atoms with E-state index in [-0.39, 0.29) is 5.91 Å². The molecule has 1 aliphatic rings. The van der Waals surface area contributed by atoms with Gasteiger partial charge >= 0.3 is 0 Å². The third-order valence-electron chi connectivity index (χ3n) is 5.11. The van der Waals surface area contributed by atoms with E-state index in [9.17, 15) is 9.90 Å². The van der Waals surface area contributed by atoms with E-state index in [1.165, 1.54) is 4.70 Å². The Balaban J connectivity index is 1.47. The Bertz CT molecular complexity index is 787. The van der Waals surface area contributed by atoms with Crippen LogP contribution in [0.25, 0.3) is 10.1 Å². The number of amides is 1. The maximum atomic E-state index is 12.1. The number of rotatable bonds is 8. The van der Waals surface area contributed by atoms with Crippen LogP contribution in [0.5, 0.6) is 0 Å². The number of thiophene rings is 1. The number of aliphatic imine (C=N–C) groups is 1. The summed E-state index contributed by atoms with van der Waals surface area (Å²) in [5.41, 5.74) is 0. The topological polar surface area (TPSA) is 77.0 Å². The lowest BCUT2D eigenvalue weighted by Crippen LogP contribution is -2.39. The van der Waals surface area contributed by atoms with E-state index >= 15 is 0 Å². The molecule has 1 saturated heterocycles. The zero-order valence-electron chi connectivity index (χ0n) is 17.2. The van der Waals surface area contributed by atoms with Crippen LogP contribution in [0.3, 0.4) is 0 Å². The molecule has 0 bridgehead atoms. The number of carbonyl (C=O) groups is 1. The quantitative estimate of drug-likeness (QED) is 0.351. The third-order valence-corrected chi connectivity index (χ3v) is 6.33. The van der Waals surface area contributed by atoms with E-state index in [2.05, 4.69) is 27.8 Å². The molecule has 3 rings (SSSR count). The van der Waals surface area contributed by atoms with Gasteiger partial charge in [0, 0.05) is 42.2 Å².